The number of nitrogens with zero attached hydrogens (tertiary/aromatic N) is 1. The van der Waals surface area contributed by atoms with Crippen LogP contribution in [0.1, 0.15) is 70.0 Å². The van der Waals surface area contributed by atoms with E-state index in [0.717, 1.165) is 31.4 Å². The molecule has 0 spiro atoms. The van der Waals surface area contributed by atoms with Crippen LogP contribution in [-0.4, -0.2) is 10.7 Å². The molecule has 2 rings (SSSR count). The molecule has 0 fully saturated rings. The molecule has 1 aliphatic rings. The van der Waals surface area contributed by atoms with Crippen LogP contribution in [0.3, 0.4) is 0 Å². The van der Waals surface area contributed by atoms with E-state index in [1.165, 1.54) is 39.4 Å². The second-order valence-corrected chi connectivity index (χ2v) is 5.72. The molecule has 1 N–H and O–H groups in total. The van der Waals surface area contributed by atoms with Crippen LogP contribution in [0.4, 0.5) is 0 Å². The Balaban J connectivity index is 2.53. The van der Waals surface area contributed by atoms with E-state index in [9.17, 15) is 0 Å². The third-order valence-corrected chi connectivity index (χ3v) is 4.56. The summed E-state index contributed by atoms with van der Waals surface area (Å²) in [4.78, 5) is 8.38. The smallest absolute Gasteiger partial charge is 0.0688 e. The highest BCUT2D eigenvalue weighted by Crippen LogP contribution is 2.32. The SMILES string of the molecule is CCC1=C(CC)C(C)=NC1=Cc1[nH]c(C)c(CC)c1CC. The zero-order chi connectivity index (χ0) is 15.6. The van der Waals surface area contributed by atoms with Gasteiger partial charge >= 0.3 is 0 Å². The zero-order valence-electron chi connectivity index (χ0n) is 14.4. The molecule has 1 aromatic rings. The Hall–Kier alpha value is -1.57. The first kappa shape index (κ1) is 15.8. The molecule has 0 unspecified atom stereocenters. The summed E-state index contributed by atoms with van der Waals surface area (Å²) in [5.74, 6) is 0. The molecule has 0 aromatic carbocycles. The molecule has 2 heteroatoms. The van der Waals surface area contributed by atoms with Gasteiger partial charge in [-0.3, -0.25) is 4.99 Å². The molecule has 21 heavy (non-hydrogen) atoms. The van der Waals surface area contributed by atoms with E-state index in [1.807, 2.05) is 0 Å². The van der Waals surface area contributed by atoms with Crippen LogP contribution in [0.15, 0.2) is 21.8 Å². The number of aryl methyl sites for hydroxylation is 1. The van der Waals surface area contributed by atoms with Gasteiger partial charge in [0, 0.05) is 17.1 Å². The van der Waals surface area contributed by atoms with E-state index in [2.05, 4.69) is 52.6 Å². The first-order valence-corrected chi connectivity index (χ1v) is 8.27. The first-order valence-electron chi connectivity index (χ1n) is 8.27. The minimum atomic E-state index is 1.05. The molecule has 1 aliphatic heterocycles. The lowest BCUT2D eigenvalue weighted by Gasteiger charge is -2.05. The molecular weight excluding hydrogens is 256 g/mol. The van der Waals surface area contributed by atoms with Gasteiger partial charge < -0.3 is 4.98 Å². The van der Waals surface area contributed by atoms with Gasteiger partial charge in [-0.05, 0) is 67.9 Å². The third-order valence-electron chi connectivity index (χ3n) is 4.56. The molecule has 1 aromatic heterocycles. The van der Waals surface area contributed by atoms with Gasteiger partial charge in [0.25, 0.3) is 0 Å². The molecule has 0 radical (unpaired) electrons. The van der Waals surface area contributed by atoms with E-state index in [-0.39, 0.29) is 0 Å². The van der Waals surface area contributed by atoms with Gasteiger partial charge in [0.15, 0.2) is 0 Å². The van der Waals surface area contributed by atoms with Crippen molar-refractivity contribution in [3.8, 4) is 0 Å². The monoisotopic (exact) mass is 284 g/mol. The van der Waals surface area contributed by atoms with E-state index in [0.29, 0.717) is 0 Å². The fourth-order valence-corrected chi connectivity index (χ4v) is 3.56. The molecule has 0 saturated heterocycles. The third kappa shape index (κ3) is 2.76. The highest BCUT2D eigenvalue weighted by atomic mass is 14.8. The lowest BCUT2D eigenvalue weighted by molar-refractivity contribution is 1.04. The van der Waals surface area contributed by atoms with Crippen LogP contribution < -0.4 is 0 Å². The first-order chi connectivity index (χ1) is 10.1. The van der Waals surface area contributed by atoms with Crippen LogP contribution in [0.25, 0.3) is 6.08 Å². The van der Waals surface area contributed by atoms with Gasteiger partial charge in [0.1, 0.15) is 0 Å². The van der Waals surface area contributed by atoms with Crippen LogP contribution in [-0.2, 0) is 12.8 Å². The second kappa shape index (κ2) is 6.46. The van der Waals surface area contributed by atoms with Crippen molar-refractivity contribution < 1.29 is 0 Å². The zero-order valence-corrected chi connectivity index (χ0v) is 14.4. The number of aromatic nitrogens is 1. The molecule has 0 saturated carbocycles. The maximum Gasteiger partial charge on any atom is 0.0688 e. The van der Waals surface area contributed by atoms with Gasteiger partial charge in [-0.1, -0.05) is 27.7 Å². The summed E-state index contributed by atoms with van der Waals surface area (Å²) in [5.41, 5.74) is 10.7. The Kier molecular flexibility index (Phi) is 4.87. The van der Waals surface area contributed by atoms with Crippen molar-refractivity contribution in [1.29, 1.82) is 0 Å². The molecule has 0 atom stereocenters. The summed E-state index contributed by atoms with van der Waals surface area (Å²) in [5, 5.41) is 0. The fraction of sp³-hybridized carbons (Fsp3) is 0.526. The molecule has 2 heterocycles. The minimum absolute atomic E-state index is 1.05. The lowest BCUT2D eigenvalue weighted by Crippen LogP contribution is -1.93. The van der Waals surface area contributed by atoms with E-state index in [4.69, 9.17) is 4.99 Å². The Morgan fingerprint density at radius 1 is 0.857 bits per heavy atom. The number of H-pyrrole nitrogens is 1. The molecule has 0 amide bonds. The molecular formula is C19H28N2. The number of rotatable bonds is 5. The number of allylic oxidation sites excluding steroid dienone is 2. The average molecular weight is 284 g/mol. The normalized spacial score (nSPS) is 17.0. The quantitative estimate of drug-likeness (QED) is 0.752. The van der Waals surface area contributed by atoms with Gasteiger partial charge in [-0.2, -0.15) is 0 Å². The largest absolute Gasteiger partial charge is 0.359 e. The standard InChI is InChI=1S/C19H28N2/c1-7-14-12(5)20-18(16(14)9-3)11-19-17(10-4)15(8-2)13(6)21-19/h11,20H,7-10H2,1-6H3. The number of nitrogens with one attached hydrogen (secondary N) is 1. The Morgan fingerprint density at radius 2 is 1.48 bits per heavy atom. The predicted octanol–water partition coefficient (Wildman–Crippen LogP) is 5.38. The summed E-state index contributed by atoms with van der Waals surface area (Å²) in [6.45, 7) is 13.2. The molecule has 0 bridgehead atoms. The Labute approximate surface area is 129 Å². The molecule has 114 valence electrons. The van der Waals surface area contributed by atoms with Crippen molar-refractivity contribution in [1.82, 2.24) is 4.98 Å². The van der Waals surface area contributed by atoms with Crippen molar-refractivity contribution in [3.05, 3.63) is 39.4 Å². The predicted molar refractivity (Wildman–Crippen MR) is 93.0 cm³/mol. The minimum Gasteiger partial charge on any atom is -0.359 e. The van der Waals surface area contributed by atoms with Crippen molar-refractivity contribution >= 4 is 11.8 Å². The van der Waals surface area contributed by atoms with Gasteiger partial charge in [-0.25, -0.2) is 0 Å². The maximum atomic E-state index is 4.81. The van der Waals surface area contributed by atoms with Crippen molar-refractivity contribution in [2.45, 2.75) is 67.2 Å². The van der Waals surface area contributed by atoms with Gasteiger partial charge in [-0.15, -0.1) is 0 Å². The highest BCUT2D eigenvalue weighted by molar-refractivity contribution is 6.03. The summed E-state index contributed by atoms with van der Waals surface area (Å²) in [6, 6.07) is 0. The molecule has 0 aliphatic carbocycles. The van der Waals surface area contributed by atoms with Crippen molar-refractivity contribution in [3.63, 3.8) is 0 Å². The highest BCUT2D eigenvalue weighted by Gasteiger charge is 2.19. The maximum absolute atomic E-state index is 4.81. The lowest BCUT2D eigenvalue weighted by atomic mass is 9.99. The molecule has 2 nitrogen and oxygen atoms in total. The Morgan fingerprint density at radius 3 is 2.00 bits per heavy atom. The van der Waals surface area contributed by atoms with E-state index < -0.39 is 0 Å². The number of aromatic amines is 1. The van der Waals surface area contributed by atoms with Crippen LogP contribution >= 0.6 is 0 Å². The number of hydrogen-bond acceptors (Lipinski definition) is 1. The van der Waals surface area contributed by atoms with E-state index >= 15 is 0 Å². The van der Waals surface area contributed by atoms with Crippen molar-refractivity contribution in [2.24, 2.45) is 4.99 Å². The average Bonchev–Trinajstić information content (AvgIpc) is 2.94. The van der Waals surface area contributed by atoms with Crippen LogP contribution in [0.5, 0.6) is 0 Å². The summed E-state index contributed by atoms with van der Waals surface area (Å²) >= 11 is 0. The van der Waals surface area contributed by atoms with E-state index in [1.54, 1.807) is 0 Å². The number of aliphatic imine (C=N–C) groups is 1. The summed E-state index contributed by atoms with van der Waals surface area (Å²) in [6.07, 6.45) is 6.54. The van der Waals surface area contributed by atoms with Crippen LogP contribution in [0, 0.1) is 6.92 Å². The van der Waals surface area contributed by atoms with Crippen LogP contribution in [0.2, 0.25) is 0 Å². The topological polar surface area (TPSA) is 28.1 Å². The second-order valence-electron chi connectivity index (χ2n) is 5.72. The summed E-state index contributed by atoms with van der Waals surface area (Å²) < 4.78 is 0. The Bertz CT molecular complexity index is 624. The van der Waals surface area contributed by atoms with Gasteiger partial charge in [0.2, 0.25) is 0 Å². The van der Waals surface area contributed by atoms with Crippen molar-refractivity contribution in [2.75, 3.05) is 0 Å². The van der Waals surface area contributed by atoms with Gasteiger partial charge in [0.05, 0.1) is 5.70 Å². The summed E-state index contributed by atoms with van der Waals surface area (Å²) in [7, 11) is 0. The fourth-order valence-electron chi connectivity index (χ4n) is 3.56. The number of hydrogen-bond donors (Lipinski definition) is 1.